The third kappa shape index (κ3) is 2.74. The Morgan fingerprint density at radius 3 is 2.43 bits per heavy atom. The lowest BCUT2D eigenvalue weighted by Gasteiger charge is -2.36. The van der Waals surface area contributed by atoms with E-state index in [1.54, 1.807) is 18.6 Å². The van der Waals surface area contributed by atoms with Gasteiger partial charge in [0, 0.05) is 44.8 Å². The van der Waals surface area contributed by atoms with Gasteiger partial charge in [-0.2, -0.15) is 5.26 Å². The molecule has 3 rings (SSSR count). The number of hydrogen-bond donors (Lipinski definition) is 0. The van der Waals surface area contributed by atoms with Crippen molar-refractivity contribution in [2.45, 2.75) is 6.92 Å². The highest BCUT2D eigenvalue weighted by molar-refractivity contribution is 5.51. The Balaban J connectivity index is 1.72. The van der Waals surface area contributed by atoms with Gasteiger partial charge < -0.3 is 9.80 Å². The predicted octanol–water partition coefficient (Wildman–Crippen LogP) is 0.773. The first kappa shape index (κ1) is 13.2. The summed E-state index contributed by atoms with van der Waals surface area (Å²) in [6, 6.07) is 4.02. The van der Waals surface area contributed by atoms with Crippen molar-refractivity contribution in [2.75, 3.05) is 36.0 Å². The average molecular weight is 281 g/mol. The fourth-order valence-corrected chi connectivity index (χ4v) is 2.41. The number of hydrogen-bond acceptors (Lipinski definition) is 7. The second-order valence-electron chi connectivity index (χ2n) is 4.78. The first-order valence-corrected chi connectivity index (χ1v) is 6.78. The van der Waals surface area contributed by atoms with Crippen LogP contribution in [0.2, 0.25) is 0 Å². The highest BCUT2D eigenvalue weighted by atomic mass is 15.3. The molecule has 3 heterocycles. The van der Waals surface area contributed by atoms with Gasteiger partial charge in [0.15, 0.2) is 11.5 Å². The van der Waals surface area contributed by atoms with E-state index < -0.39 is 0 Å². The van der Waals surface area contributed by atoms with Crippen LogP contribution >= 0.6 is 0 Å². The van der Waals surface area contributed by atoms with Gasteiger partial charge in [0.05, 0.1) is 0 Å². The van der Waals surface area contributed by atoms with Crippen molar-refractivity contribution in [1.82, 2.24) is 19.9 Å². The van der Waals surface area contributed by atoms with Crippen molar-refractivity contribution in [3.05, 3.63) is 36.2 Å². The van der Waals surface area contributed by atoms with E-state index in [0.717, 1.165) is 37.8 Å². The van der Waals surface area contributed by atoms with Crippen LogP contribution in [0.4, 0.5) is 11.6 Å². The molecule has 0 aromatic carbocycles. The van der Waals surface area contributed by atoms with Crippen LogP contribution in [-0.2, 0) is 0 Å². The molecule has 0 unspecified atom stereocenters. The molecule has 0 N–H and O–H groups in total. The maximum atomic E-state index is 9.10. The summed E-state index contributed by atoms with van der Waals surface area (Å²) in [6.45, 7) is 5.13. The molecule has 21 heavy (non-hydrogen) atoms. The quantitative estimate of drug-likeness (QED) is 0.804. The molecule has 106 valence electrons. The minimum atomic E-state index is 0.379. The fraction of sp³-hybridized carbons (Fsp3) is 0.357. The van der Waals surface area contributed by atoms with Crippen LogP contribution in [0, 0.1) is 18.3 Å². The maximum absolute atomic E-state index is 9.10. The molecule has 1 saturated heterocycles. The normalized spacial score (nSPS) is 14.9. The number of aryl methyl sites for hydroxylation is 1. The largest absolute Gasteiger partial charge is 0.353 e. The molecule has 2 aromatic heterocycles. The van der Waals surface area contributed by atoms with Crippen LogP contribution in [0.3, 0.4) is 0 Å². The minimum Gasteiger partial charge on any atom is -0.353 e. The van der Waals surface area contributed by atoms with Gasteiger partial charge in [-0.15, -0.1) is 0 Å². The zero-order valence-electron chi connectivity index (χ0n) is 11.8. The molecule has 0 radical (unpaired) electrons. The van der Waals surface area contributed by atoms with Crippen LogP contribution in [-0.4, -0.2) is 46.1 Å². The maximum Gasteiger partial charge on any atom is 0.183 e. The molecule has 0 atom stereocenters. The van der Waals surface area contributed by atoms with Gasteiger partial charge in [-0.1, -0.05) is 0 Å². The first-order valence-electron chi connectivity index (χ1n) is 6.78. The van der Waals surface area contributed by atoms with E-state index >= 15 is 0 Å². The molecule has 0 saturated carbocycles. The van der Waals surface area contributed by atoms with E-state index in [1.165, 1.54) is 0 Å². The molecule has 0 bridgehead atoms. The van der Waals surface area contributed by atoms with Crippen LogP contribution in [0.1, 0.15) is 11.5 Å². The van der Waals surface area contributed by atoms with E-state index in [1.807, 2.05) is 13.0 Å². The monoisotopic (exact) mass is 281 g/mol. The molecule has 0 spiro atoms. The van der Waals surface area contributed by atoms with E-state index in [-0.39, 0.29) is 0 Å². The molecule has 7 heteroatoms. The van der Waals surface area contributed by atoms with Gasteiger partial charge in [-0.3, -0.25) is 0 Å². The van der Waals surface area contributed by atoms with Gasteiger partial charge in [0.25, 0.3) is 0 Å². The van der Waals surface area contributed by atoms with Gasteiger partial charge in [-0.25, -0.2) is 19.9 Å². The summed E-state index contributed by atoms with van der Waals surface area (Å²) < 4.78 is 0. The Labute approximate surface area is 122 Å². The Hall–Kier alpha value is -2.75. The second kappa shape index (κ2) is 5.71. The lowest BCUT2D eigenvalue weighted by Crippen LogP contribution is -2.47. The van der Waals surface area contributed by atoms with Crippen molar-refractivity contribution < 1.29 is 0 Å². The van der Waals surface area contributed by atoms with E-state index in [0.29, 0.717) is 11.5 Å². The van der Waals surface area contributed by atoms with E-state index in [2.05, 4.69) is 35.8 Å². The third-order valence-electron chi connectivity index (χ3n) is 3.45. The summed E-state index contributed by atoms with van der Waals surface area (Å²) in [5, 5.41) is 9.10. The second-order valence-corrected chi connectivity index (χ2v) is 4.78. The predicted molar refractivity (Wildman–Crippen MR) is 77.9 cm³/mol. The Bertz CT molecular complexity index is 671. The molecule has 1 aliphatic heterocycles. The van der Waals surface area contributed by atoms with Crippen molar-refractivity contribution in [2.24, 2.45) is 0 Å². The Morgan fingerprint density at radius 1 is 1.00 bits per heavy atom. The molecule has 1 aliphatic rings. The summed E-state index contributed by atoms with van der Waals surface area (Å²) in [4.78, 5) is 21.2. The lowest BCUT2D eigenvalue weighted by molar-refractivity contribution is 0.638. The molecule has 2 aromatic rings. The first-order chi connectivity index (χ1) is 10.3. The summed E-state index contributed by atoms with van der Waals surface area (Å²) >= 11 is 0. The number of nitrogens with zero attached hydrogens (tertiary/aromatic N) is 7. The molecule has 0 amide bonds. The minimum absolute atomic E-state index is 0.379. The van der Waals surface area contributed by atoms with E-state index in [4.69, 9.17) is 5.26 Å². The zero-order chi connectivity index (χ0) is 14.7. The highest BCUT2D eigenvalue weighted by Gasteiger charge is 2.21. The molecular formula is C14H15N7. The molecule has 1 fully saturated rings. The number of rotatable bonds is 2. The number of anilines is 2. The average Bonchev–Trinajstić information content (AvgIpc) is 2.55. The summed E-state index contributed by atoms with van der Waals surface area (Å²) in [5.41, 5.74) is 0.379. The SMILES string of the molecule is Cc1nccc(N2CCN(c3nccnc3C#N)CC2)n1. The van der Waals surface area contributed by atoms with Crippen LogP contribution in [0.25, 0.3) is 0 Å². The summed E-state index contributed by atoms with van der Waals surface area (Å²) in [6.07, 6.45) is 4.94. The number of nitriles is 1. The van der Waals surface area contributed by atoms with Gasteiger partial charge in [0.1, 0.15) is 17.7 Å². The fourth-order valence-electron chi connectivity index (χ4n) is 2.41. The smallest absolute Gasteiger partial charge is 0.183 e. The van der Waals surface area contributed by atoms with Crippen molar-refractivity contribution in [1.29, 1.82) is 5.26 Å². The van der Waals surface area contributed by atoms with Crippen molar-refractivity contribution in [3.8, 4) is 6.07 Å². The number of piperazine rings is 1. The van der Waals surface area contributed by atoms with Crippen LogP contribution < -0.4 is 9.80 Å². The van der Waals surface area contributed by atoms with Crippen molar-refractivity contribution >= 4 is 11.6 Å². The Kier molecular flexibility index (Phi) is 3.60. The van der Waals surface area contributed by atoms with Gasteiger partial charge >= 0.3 is 0 Å². The zero-order valence-corrected chi connectivity index (χ0v) is 11.8. The lowest BCUT2D eigenvalue weighted by atomic mass is 10.3. The van der Waals surface area contributed by atoms with Crippen molar-refractivity contribution in [3.63, 3.8) is 0 Å². The van der Waals surface area contributed by atoms with Crippen LogP contribution in [0.15, 0.2) is 24.7 Å². The molecule has 7 nitrogen and oxygen atoms in total. The van der Waals surface area contributed by atoms with Gasteiger partial charge in [0.2, 0.25) is 0 Å². The molecular weight excluding hydrogens is 266 g/mol. The molecule has 0 aliphatic carbocycles. The standard InChI is InChI=1S/C14H15N7/c1-11-16-3-2-13(19-11)20-6-8-21(9-7-20)14-12(10-15)17-4-5-18-14/h2-5H,6-9H2,1H3. The summed E-state index contributed by atoms with van der Waals surface area (Å²) in [7, 11) is 0. The number of aromatic nitrogens is 4. The van der Waals surface area contributed by atoms with Gasteiger partial charge in [-0.05, 0) is 13.0 Å². The highest BCUT2D eigenvalue weighted by Crippen LogP contribution is 2.19. The Morgan fingerprint density at radius 2 is 1.71 bits per heavy atom. The topological polar surface area (TPSA) is 81.8 Å². The van der Waals surface area contributed by atoms with Crippen LogP contribution in [0.5, 0.6) is 0 Å². The summed E-state index contributed by atoms with van der Waals surface area (Å²) in [5.74, 6) is 2.39. The third-order valence-corrected chi connectivity index (χ3v) is 3.45. The van der Waals surface area contributed by atoms with E-state index in [9.17, 15) is 0 Å².